The van der Waals surface area contributed by atoms with Gasteiger partial charge in [-0.15, -0.1) is 0 Å². The molecule has 1 saturated heterocycles. The number of ketones is 1. The summed E-state index contributed by atoms with van der Waals surface area (Å²) in [6.07, 6.45) is 4.82. The molecule has 0 aromatic carbocycles. The highest BCUT2D eigenvalue weighted by Gasteiger charge is 2.32. The lowest BCUT2D eigenvalue weighted by Gasteiger charge is -2.32. The predicted molar refractivity (Wildman–Crippen MR) is 60.7 cm³/mol. The van der Waals surface area contributed by atoms with E-state index in [1.807, 2.05) is 11.8 Å². The van der Waals surface area contributed by atoms with Crippen molar-refractivity contribution in [1.82, 2.24) is 4.90 Å². The summed E-state index contributed by atoms with van der Waals surface area (Å²) in [5.41, 5.74) is 0. The van der Waals surface area contributed by atoms with Crippen LogP contribution in [0.3, 0.4) is 0 Å². The van der Waals surface area contributed by atoms with E-state index in [1.165, 1.54) is 18.6 Å². The van der Waals surface area contributed by atoms with Gasteiger partial charge in [-0.1, -0.05) is 12.8 Å². The van der Waals surface area contributed by atoms with Crippen LogP contribution in [0, 0.1) is 5.92 Å². The van der Waals surface area contributed by atoms with Crippen molar-refractivity contribution in [3.05, 3.63) is 0 Å². The van der Waals surface area contributed by atoms with Gasteiger partial charge in [0, 0.05) is 24.0 Å². The molecule has 2 rings (SSSR count). The Labute approximate surface area is 90.4 Å². The highest BCUT2D eigenvalue weighted by atomic mass is 32.2. The van der Waals surface area contributed by atoms with Crippen LogP contribution in [0.2, 0.25) is 0 Å². The summed E-state index contributed by atoms with van der Waals surface area (Å²) >= 11 is 1.93. The van der Waals surface area contributed by atoms with Crippen molar-refractivity contribution < 1.29 is 4.79 Å². The molecule has 1 aliphatic carbocycles. The monoisotopic (exact) mass is 213 g/mol. The van der Waals surface area contributed by atoms with Gasteiger partial charge < -0.3 is 0 Å². The molecule has 2 fully saturated rings. The lowest BCUT2D eigenvalue weighted by molar-refractivity contribution is -0.126. The quantitative estimate of drug-likeness (QED) is 0.697. The molecule has 1 atom stereocenters. The van der Waals surface area contributed by atoms with Crippen molar-refractivity contribution in [2.75, 3.05) is 25.1 Å². The minimum atomic E-state index is 0.219. The Bertz CT molecular complexity index is 213. The van der Waals surface area contributed by atoms with Gasteiger partial charge in [0.2, 0.25) is 0 Å². The van der Waals surface area contributed by atoms with Crippen molar-refractivity contribution in [3.63, 3.8) is 0 Å². The zero-order chi connectivity index (χ0) is 9.97. The van der Waals surface area contributed by atoms with E-state index in [2.05, 4.69) is 11.9 Å². The highest BCUT2D eigenvalue weighted by Crippen LogP contribution is 2.29. The summed E-state index contributed by atoms with van der Waals surface area (Å²) in [7, 11) is 2.09. The van der Waals surface area contributed by atoms with Gasteiger partial charge in [0.15, 0.2) is 5.78 Å². The van der Waals surface area contributed by atoms with E-state index >= 15 is 0 Å². The summed E-state index contributed by atoms with van der Waals surface area (Å²) in [5, 5.41) is 0. The van der Waals surface area contributed by atoms with Crippen molar-refractivity contribution in [2.24, 2.45) is 5.92 Å². The fourth-order valence-corrected chi connectivity index (χ4v) is 3.69. The van der Waals surface area contributed by atoms with Crippen LogP contribution in [0.15, 0.2) is 0 Å². The average molecular weight is 213 g/mol. The molecule has 2 aliphatic rings. The second-order valence-corrected chi connectivity index (χ2v) is 5.60. The third-order valence-electron chi connectivity index (χ3n) is 3.48. The number of thioether (sulfide) groups is 1. The summed E-state index contributed by atoms with van der Waals surface area (Å²) < 4.78 is 0. The first-order valence-electron chi connectivity index (χ1n) is 5.61. The van der Waals surface area contributed by atoms with E-state index in [9.17, 15) is 4.79 Å². The van der Waals surface area contributed by atoms with Crippen LogP contribution in [-0.2, 0) is 4.79 Å². The molecule has 0 radical (unpaired) electrons. The van der Waals surface area contributed by atoms with Crippen molar-refractivity contribution in [2.45, 2.75) is 31.7 Å². The first-order valence-corrected chi connectivity index (χ1v) is 6.76. The van der Waals surface area contributed by atoms with E-state index in [0.29, 0.717) is 11.7 Å². The van der Waals surface area contributed by atoms with Gasteiger partial charge >= 0.3 is 0 Å². The van der Waals surface area contributed by atoms with Crippen molar-refractivity contribution in [1.29, 1.82) is 0 Å². The van der Waals surface area contributed by atoms with Gasteiger partial charge in [-0.3, -0.25) is 9.69 Å². The highest BCUT2D eigenvalue weighted by molar-refractivity contribution is 7.99. The zero-order valence-corrected chi connectivity index (χ0v) is 9.68. The Hall–Kier alpha value is -0.0200. The first-order chi connectivity index (χ1) is 6.79. The van der Waals surface area contributed by atoms with Crippen LogP contribution in [0.4, 0.5) is 0 Å². The van der Waals surface area contributed by atoms with E-state index < -0.39 is 0 Å². The number of rotatable bonds is 2. The third-order valence-corrected chi connectivity index (χ3v) is 4.50. The number of carbonyl (C=O) groups is 1. The summed E-state index contributed by atoms with van der Waals surface area (Å²) in [5.74, 6) is 3.12. The molecular formula is C11H19NOS. The number of hydrogen-bond donors (Lipinski definition) is 0. The van der Waals surface area contributed by atoms with Crippen LogP contribution >= 0.6 is 11.8 Å². The SMILES string of the molecule is CN1CCSCC1C(=O)C1CCCC1. The van der Waals surface area contributed by atoms with Crippen molar-refractivity contribution >= 4 is 17.5 Å². The molecule has 1 unspecified atom stereocenters. The number of hydrogen-bond acceptors (Lipinski definition) is 3. The molecule has 0 spiro atoms. The Morgan fingerprint density at radius 1 is 1.36 bits per heavy atom. The Kier molecular flexibility index (Phi) is 3.50. The Morgan fingerprint density at radius 2 is 2.07 bits per heavy atom. The summed E-state index contributed by atoms with van der Waals surface area (Å²) in [6.45, 7) is 1.08. The molecule has 1 saturated carbocycles. The molecule has 1 heterocycles. The van der Waals surface area contributed by atoms with Gasteiger partial charge in [0.05, 0.1) is 6.04 Å². The molecule has 0 amide bonds. The molecule has 0 aromatic rings. The molecule has 3 heteroatoms. The lowest BCUT2D eigenvalue weighted by atomic mass is 9.96. The smallest absolute Gasteiger partial charge is 0.153 e. The maximum absolute atomic E-state index is 12.2. The molecule has 80 valence electrons. The topological polar surface area (TPSA) is 20.3 Å². The fraction of sp³-hybridized carbons (Fsp3) is 0.909. The first kappa shape index (κ1) is 10.5. The lowest BCUT2D eigenvalue weighted by Crippen LogP contribution is -2.46. The third kappa shape index (κ3) is 2.14. The van der Waals surface area contributed by atoms with Gasteiger partial charge in [-0.05, 0) is 19.9 Å². The number of Topliss-reactive ketones (excluding diaryl/α,β-unsaturated/α-hetero) is 1. The maximum atomic E-state index is 12.2. The normalized spacial score (nSPS) is 30.8. The van der Waals surface area contributed by atoms with Crippen molar-refractivity contribution in [3.8, 4) is 0 Å². The Balaban J connectivity index is 1.94. The number of carbonyl (C=O) groups excluding carboxylic acids is 1. The number of nitrogens with zero attached hydrogens (tertiary/aromatic N) is 1. The van der Waals surface area contributed by atoms with Crippen LogP contribution in [0.1, 0.15) is 25.7 Å². The molecule has 0 bridgehead atoms. The Morgan fingerprint density at radius 3 is 2.71 bits per heavy atom. The van der Waals surface area contributed by atoms with Crippen LogP contribution in [0.25, 0.3) is 0 Å². The van der Waals surface area contributed by atoms with Crippen LogP contribution in [-0.4, -0.2) is 41.8 Å². The van der Waals surface area contributed by atoms with Gasteiger partial charge in [-0.2, -0.15) is 11.8 Å². The van der Waals surface area contributed by atoms with Crippen LogP contribution < -0.4 is 0 Å². The van der Waals surface area contributed by atoms with E-state index in [0.717, 1.165) is 25.1 Å². The van der Waals surface area contributed by atoms with Crippen LogP contribution in [0.5, 0.6) is 0 Å². The summed E-state index contributed by atoms with van der Waals surface area (Å²) in [4.78, 5) is 14.4. The number of likely N-dealkylation sites (N-methyl/N-ethyl adjacent to an activating group) is 1. The van der Waals surface area contributed by atoms with E-state index in [-0.39, 0.29) is 6.04 Å². The largest absolute Gasteiger partial charge is 0.298 e. The molecule has 14 heavy (non-hydrogen) atoms. The van der Waals surface area contributed by atoms with E-state index in [1.54, 1.807) is 0 Å². The standard InChI is InChI=1S/C11H19NOS/c1-12-6-7-14-8-10(12)11(13)9-4-2-3-5-9/h9-10H,2-8H2,1H3. The second-order valence-electron chi connectivity index (χ2n) is 4.46. The minimum Gasteiger partial charge on any atom is -0.298 e. The minimum absolute atomic E-state index is 0.219. The van der Waals surface area contributed by atoms with E-state index in [4.69, 9.17) is 0 Å². The summed E-state index contributed by atoms with van der Waals surface area (Å²) in [6, 6.07) is 0.219. The van der Waals surface area contributed by atoms with Gasteiger partial charge in [0.25, 0.3) is 0 Å². The average Bonchev–Trinajstić information content (AvgIpc) is 2.70. The molecule has 0 N–H and O–H groups in total. The molecular weight excluding hydrogens is 194 g/mol. The van der Waals surface area contributed by atoms with Gasteiger partial charge in [-0.25, -0.2) is 0 Å². The zero-order valence-electron chi connectivity index (χ0n) is 8.87. The molecule has 1 aliphatic heterocycles. The maximum Gasteiger partial charge on any atom is 0.153 e. The fourth-order valence-electron chi connectivity index (χ4n) is 2.47. The second kappa shape index (κ2) is 4.67. The predicted octanol–water partition coefficient (Wildman–Crippen LogP) is 1.79. The van der Waals surface area contributed by atoms with Gasteiger partial charge in [0.1, 0.15) is 0 Å². The molecule has 0 aromatic heterocycles. The molecule has 2 nitrogen and oxygen atoms in total.